The molecular formula is C26H28ClN3O4S. The van der Waals surface area contributed by atoms with Crippen molar-refractivity contribution < 1.29 is 19.1 Å². The summed E-state index contributed by atoms with van der Waals surface area (Å²) >= 11 is 7.21. The number of carbonyl (C=O) groups excluding carboxylic acids is 2. The van der Waals surface area contributed by atoms with Gasteiger partial charge in [-0.1, -0.05) is 60.5 Å². The minimum Gasteiger partial charge on any atom is -0.481 e. The molecule has 4 rings (SSSR count). The van der Waals surface area contributed by atoms with Gasteiger partial charge in [0.15, 0.2) is 11.7 Å². The topological polar surface area (TPSA) is 72.0 Å². The number of hydrogen-bond acceptors (Lipinski definition) is 6. The van der Waals surface area contributed by atoms with E-state index in [2.05, 4.69) is 4.98 Å². The van der Waals surface area contributed by atoms with Crippen molar-refractivity contribution in [3.63, 3.8) is 0 Å². The number of aromatic nitrogens is 1. The first kappa shape index (κ1) is 25.0. The number of ether oxygens (including phenoxy) is 2. The number of benzene rings is 1. The number of methoxy groups -OCH3 is 1. The predicted molar refractivity (Wildman–Crippen MR) is 137 cm³/mol. The van der Waals surface area contributed by atoms with Crippen LogP contribution < -0.4 is 9.47 Å². The van der Waals surface area contributed by atoms with Gasteiger partial charge >= 0.3 is 0 Å². The SMILES string of the molecule is CCCC1C(=O)N(Cc2ccc(-c3ccc(OC)nc3)cc2)CCN1C(=O)COc1ccc(Cl)s1. The second-order valence-electron chi connectivity index (χ2n) is 8.28. The molecule has 1 unspecified atom stereocenters. The van der Waals surface area contributed by atoms with Gasteiger partial charge < -0.3 is 19.3 Å². The van der Waals surface area contributed by atoms with Crippen molar-refractivity contribution in [2.75, 3.05) is 26.8 Å². The van der Waals surface area contributed by atoms with Crippen molar-refractivity contribution in [3.05, 3.63) is 64.6 Å². The quantitative estimate of drug-likeness (QED) is 0.407. The first-order chi connectivity index (χ1) is 17.0. The molecule has 1 aromatic carbocycles. The Bertz CT molecular complexity index is 1150. The fraction of sp³-hybridized carbons (Fsp3) is 0.346. The molecule has 9 heteroatoms. The van der Waals surface area contributed by atoms with Gasteiger partial charge in [-0.2, -0.15) is 0 Å². The average molecular weight is 514 g/mol. The molecule has 2 aromatic heterocycles. The van der Waals surface area contributed by atoms with E-state index in [4.69, 9.17) is 21.1 Å². The van der Waals surface area contributed by atoms with Gasteiger partial charge in [0.2, 0.25) is 11.8 Å². The lowest BCUT2D eigenvalue weighted by Gasteiger charge is -2.40. The van der Waals surface area contributed by atoms with Crippen LogP contribution in [0, 0.1) is 0 Å². The Kier molecular flexibility index (Phi) is 8.25. The summed E-state index contributed by atoms with van der Waals surface area (Å²) < 4.78 is 11.3. The van der Waals surface area contributed by atoms with Gasteiger partial charge in [0.05, 0.1) is 11.4 Å². The van der Waals surface area contributed by atoms with Gasteiger partial charge in [0, 0.05) is 37.5 Å². The molecule has 35 heavy (non-hydrogen) atoms. The maximum absolute atomic E-state index is 13.3. The highest BCUT2D eigenvalue weighted by atomic mass is 35.5. The summed E-state index contributed by atoms with van der Waals surface area (Å²) in [5.41, 5.74) is 3.08. The molecule has 0 N–H and O–H groups in total. The molecule has 7 nitrogen and oxygen atoms in total. The van der Waals surface area contributed by atoms with E-state index in [9.17, 15) is 9.59 Å². The van der Waals surface area contributed by atoms with Crippen molar-refractivity contribution >= 4 is 34.8 Å². The summed E-state index contributed by atoms with van der Waals surface area (Å²) in [5, 5.41) is 0.592. The molecule has 1 fully saturated rings. The molecule has 1 aliphatic heterocycles. The number of thiophene rings is 1. The summed E-state index contributed by atoms with van der Waals surface area (Å²) in [6, 6.07) is 14.9. The van der Waals surface area contributed by atoms with Crippen LogP contribution in [0.4, 0.5) is 0 Å². The molecule has 0 spiro atoms. The first-order valence-corrected chi connectivity index (χ1v) is 12.7. The van der Waals surface area contributed by atoms with Crippen LogP contribution in [0.25, 0.3) is 11.1 Å². The van der Waals surface area contributed by atoms with E-state index in [1.807, 2.05) is 48.2 Å². The zero-order valence-electron chi connectivity index (χ0n) is 19.8. The highest BCUT2D eigenvalue weighted by Crippen LogP contribution is 2.28. The van der Waals surface area contributed by atoms with Gasteiger partial charge in [-0.25, -0.2) is 4.98 Å². The van der Waals surface area contributed by atoms with Crippen LogP contribution in [-0.2, 0) is 16.1 Å². The monoisotopic (exact) mass is 513 g/mol. The molecule has 0 aliphatic carbocycles. The summed E-state index contributed by atoms with van der Waals surface area (Å²) in [4.78, 5) is 34.0. The van der Waals surface area contributed by atoms with Crippen LogP contribution >= 0.6 is 22.9 Å². The minimum absolute atomic E-state index is 0.0194. The Morgan fingerprint density at radius 1 is 1.11 bits per heavy atom. The van der Waals surface area contributed by atoms with Crippen LogP contribution in [0.2, 0.25) is 4.34 Å². The smallest absolute Gasteiger partial charge is 0.261 e. The Hall–Kier alpha value is -3.10. The van der Waals surface area contributed by atoms with Crippen molar-refractivity contribution in [3.8, 4) is 22.1 Å². The highest BCUT2D eigenvalue weighted by molar-refractivity contribution is 7.17. The third kappa shape index (κ3) is 6.13. The molecular weight excluding hydrogens is 486 g/mol. The average Bonchev–Trinajstić information content (AvgIpc) is 3.30. The van der Waals surface area contributed by atoms with Crippen molar-refractivity contribution in [1.82, 2.24) is 14.8 Å². The molecule has 1 aliphatic rings. The predicted octanol–water partition coefficient (Wildman–Crippen LogP) is 4.89. The van der Waals surface area contributed by atoms with E-state index in [1.165, 1.54) is 11.3 Å². The maximum Gasteiger partial charge on any atom is 0.261 e. The Labute approximate surface area is 214 Å². The van der Waals surface area contributed by atoms with Crippen LogP contribution in [0.5, 0.6) is 10.9 Å². The Balaban J connectivity index is 1.38. The molecule has 3 heterocycles. The van der Waals surface area contributed by atoms with Crippen LogP contribution in [0.15, 0.2) is 54.7 Å². The van der Waals surface area contributed by atoms with Crippen LogP contribution in [0.1, 0.15) is 25.3 Å². The fourth-order valence-corrected chi connectivity index (χ4v) is 5.01. The molecule has 3 aromatic rings. The van der Waals surface area contributed by atoms with E-state index >= 15 is 0 Å². The first-order valence-electron chi connectivity index (χ1n) is 11.5. The number of halogens is 1. The van der Waals surface area contributed by atoms with Crippen molar-refractivity contribution in [2.45, 2.75) is 32.4 Å². The van der Waals surface area contributed by atoms with Crippen molar-refractivity contribution in [1.29, 1.82) is 0 Å². The molecule has 184 valence electrons. The molecule has 1 atom stereocenters. The maximum atomic E-state index is 13.3. The van der Waals surface area contributed by atoms with Gasteiger partial charge in [0.1, 0.15) is 6.04 Å². The lowest BCUT2D eigenvalue weighted by atomic mass is 10.0. The molecule has 0 saturated carbocycles. The molecule has 0 radical (unpaired) electrons. The van der Waals surface area contributed by atoms with Crippen LogP contribution in [-0.4, -0.2) is 59.4 Å². The summed E-state index contributed by atoms with van der Waals surface area (Å²) in [5.74, 6) is 0.373. The van der Waals surface area contributed by atoms with E-state index < -0.39 is 6.04 Å². The fourth-order valence-electron chi connectivity index (χ4n) is 4.13. The second kappa shape index (κ2) is 11.6. The molecule has 0 bridgehead atoms. The number of pyridine rings is 1. The third-order valence-corrected chi connectivity index (χ3v) is 7.10. The zero-order valence-corrected chi connectivity index (χ0v) is 21.3. The van der Waals surface area contributed by atoms with Crippen LogP contribution in [0.3, 0.4) is 0 Å². The largest absolute Gasteiger partial charge is 0.481 e. The lowest BCUT2D eigenvalue weighted by molar-refractivity contribution is -0.153. The van der Waals surface area contributed by atoms with Gasteiger partial charge in [-0.15, -0.1) is 0 Å². The Morgan fingerprint density at radius 3 is 2.51 bits per heavy atom. The molecule has 2 amide bonds. The highest BCUT2D eigenvalue weighted by Gasteiger charge is 2.36. The zero-order chi connectivity index (χ0) is 24.8. The summed E-state index contributed by atoms with van der Waals surface area (Å²) in [6.45, 7) is 3.39. The number of carbonyl (C=O) groups is 2. The summed E-state index contributed by atoms with van der Waals surface area (Å²) in [6.07, 6.45) is 3.20. The number of nitrogens with zero attached hydrogens (tertiary/aromatic N) is 3. The number of rotatable bonds is 9. The standard InChI is InChI=1S/C26H28ClN3O4S/c1-3-4-21-26(32)29(13-14-30(21)24(31)17-34-25-12-10-22(27)35-25)16-18-5-7-19(8-6-18)20-9-11-23(33-2)28-15-20/h5-12,15,21H,3-4,13-14,16-17H2,1-2H3. The Morgan fingerprint density at radius 2 is 1.89 bits per heavy atom. The van der Waals surface area contributed by atoms with E-state index in [1.54, 1.807) is 30.3 Å². The lowest BCUT2D eigenvalue weighted by Crippen LogP contribution is -2.59. The van der Waals surface area contributed by atoms with Gasteiger partial charge in [-0.05, 0) is 35.7 Å². The third-order valence-electron chi connectivity index (χ3n) is 5.96. The van der Waals surface area contributed by atoms with E-state index in [0.717, 1.165) is 23.1 Å². The second-order valence-corrected chi connectivity index (χ2v) is 9.96. The normalized spacial score (nSPS) is 15.9. The van der Waals surface area contributed by atoms with Gasteiger partial charge in [0.25, 0.3) is 5.91 Å². The number of piperazine rings is 1. The molecule has 1 saturated heterocycles. The van der Waals surface area contributed by atoms with Crippen molar-refractivity contribution in [2.24, 2.45) is 0 Å². The number of hydrogen-bond donors (Lipinski definition) is 0. The van der Waals surface area contributed by atoms with E-state index in [-0.39, 0.29) is 18.4 Å². The summed E-state index contributed by atoms with van der Waals surface area (Å²) in [7, 11) is 1.59. The number of amides is 2. The minimum atomic E-state index is -0.471. The van der Waals surface area contributed by atoms with Gasteiger partial charge in [-0.3, -0.25) is 9.59 Å². The van der Waals surface area contributed by atoms with E-state index in [0.29, 0.717) is 41.3 Å².